The Balaban J connectivity index is 2.32. The van der Waals surface area contributed by atoms with Gasteiger partial charge in [0, 0.05) is 35.8 Å². The third-order valence-electron chi connectivity index (χ3n) is 2.99. The molecule has 4 N–H and O–H groups in total. The Bertz CT molecular complexity index is 552. The summed E-state index contributed by atoms with van der Waals surface area (Å²) < 4.78 is 0. The molecule has 0 amide bonds. The highest BCUT2D eigenvalue weighted by molar-refractivity contribution is 5.97. The molecule has 96 valence electrons. The second-order valence-corrected chi connectivity index (χ2v) is 5.28. The number of para-hydroxylation sites is 1. The molecule has 4 nitrogen and oxygen atoms in total. The molecule has 0 fully saturated rings. The van der Waals surface area contributed by atoms with Crippen LogP contribution in [0.15, 0.2) is 30.5 Å². The fourth-order valence-electron chi connectivity index (χ4n) is 1.74. The monoisotopic (exact) mass is 245 g/mol. The van der Waals surface area contributed by atoms with E-state index in [0.717, 1.165) is 16.6 Å². The van der Waals surface area contributed by atoms with Crippen molar-refractivity contribution in [2.45, 2.75) is 13.8 Å². The molecule has 0 atom stereocenters. The van der Waals surface area contributed by atoms with Gasteiger partial charge in [-0.2, -0.15) is 0 Å². The van der Waals surface area contributed by atoms with E-state index >= 15 is 0 Å². The zero-order valence-electron chi connectivity index (χ0n) is 10.8. The van der Waals surface area contributed by atoms with Gasteiger partial charge < -0.3 is 16.2 Å². The molecule has 4 heteroatoms. The Labute approximate surface area is 107 Å². The number of nitrogen functional groups attached to an aromatic ring is 1. The smallest absolute Gasteiger partial charge is 0.0951 e. The van der Waals surface area contributed by atoms with E-state index in [0.29, 0.717) is 12.2 Å². The van der Waals surface area contributed by atoms with E-state index in [-0.39, 0.29) is 12.0 Å². The van der Waals surface area contributed by atoms with Crippen LogP contribution >= 0.6 is 0 Å². The number of benzene rings is 1. The van der Waals surface area contributed by atoms with Crippen LogP contribution in [-0.2, 0) is 0 Å². The van der Waals surface area contributed by atoms with E-state index in [9.17, 15) is 5.11 Å². The summed E-state index contributed by atoms with van der Waals surface area (Å²) in [6.07, 6.45) is 1.74. The molecule has 0 aliphatic rings. The Kier molecular flexibility index (Phi) is 3.39. The largest absolute Gasteiger partial charge is 0.397 e. The first kappa shape index (κ1) is 12.6. The molecule has 1 aromatic heterocycles. The standard InChI is InChI=1S/C14H19N3O/c1-14(2,9-18)8-17-12-6-7-16-13-10(12)4-3-5-11(13)15/h3-7,18H,8-9,15H2,1-2H3,(H,16,17). The van der Waals surface area contributed by atoms with Crippen molar-refractivity contribution in [3.63, 3.8) is 0 Å². The number of fused-ring (bicyclic) bond motifs is 1. The Morgan fingerprint density at radius 1 is 1.33 bits per heavy atom. The van der Waals surface area contributed by atoms with E-state index in [1.54, 1.807) is 6.20 Å². The zero-order valence-corrected chi connectivity index (χ0v) is 10.8. The van der Waals surface area contributed by atoms with Gasteiger partial charge in [0.05, 0.1) is 11.2 Å². The summed E-state index contributed by atoms with van der Waals surface area (Å²) in [6.45, 7) is 4.86. The maximum absolute atomic E-state index is 9.26. The second-order valence-electron chi connectivity index (χ2n) is 5.28. The van der Waals surface area contributed by atoms with Crippen molar-refractivity contribution in [1.82, 2.24) is 4.98 Å². The van der Waals surface area contributed by atoms with Crippen molar-refractivity contribution < 1.29 is 5.11 Å². The van der Waals surface area contributed by atoms with Crippen LogP contribution in [0.1, 0.15) is 13.8 Å². The quantitative estimate of drug-likeness (QED) is 0.722. The summed E-state index contributed by atoms with van der Waals surface area (Å²) in [5.74, 6) is 0. The third-order valence-corrected chi connectivity index (χ3v) is 2.99. The summed E-state index contributed by atoms with van der Waals surface area (Å²) >= 11 is 0. The second kappa shape index (κ2) is 4.82. The van der Waals surface area contributed by atoms with Crippen molar-refractivity contribution in [2.24, 2.45) is 5.41 Å². The minimum Gasteiger partial charge on any atom is -0.397 e. The topological polar surface area (TPSA) is 71.2 Å². The highest BCUT2D eigenvalue weighted by atomic mass is 16.3. The van der Waals surface area contributed by atoms with E-state index in [1.165, 1.54) is 0 Å². The maximum atomic E-state index is 9.26. The van der Waals surface area contributed by atoms with E-state index in [2.05, 4.69) is 10.3 Å². The Hall–Kier alpha value is -1.81. The SMILES string of the molecule is CC(C)(CO)CNc1ccnc2c(N)cccc12. The number of rotatable bonds is 4. The van der Waals surface area contributed by atoms with Gasteiger partial charge in [-0.3, -0.25) is 4.98 Å². The normalized spacial score (nSPS) is 11.7. The number of aliphatic hydroxyl groups is 1. The molecule has 0 spiro atoms. The molecule has 0 radical (unpaired) electrons. The molecule has 0 aliphatic heterocycles. The molecule has 0 saturated heterocycles. The van der Waals surface area contributed by atoms with Crippen molar-refractivity contribution in [2.75, 3.05) is 24.2 Å². The molecule has 2 aromatic rings. The fourth-order valence-corrected chi connectivity index (χ4v) is 1.74. The Morgan fingerprint density at radius 2 is 2.11 bits per heavy atom. The van der Waals surface area contributed by atoms with Crippen LogP contribution in [0.4, 0.5) is 11.4 Å². The van der Waals surface area contributed by atoms with Crippen LogP contribution in [0.3, 0.4) is 0 Å². The van der Waals surface area contributed by atoms with E-state index < -0.39 is 0 Å². The molecule has 1 aromatic carbocycles. The average molecular weight is 245 g/mol. The minimum absolute atomic E-state index is 0.144. The summed E-state index contributed by atoms with van der Waals surface area (Å²) in [6, 6.07) is 7.68. The first-order valence-corrected chi connectivity index (χ1v) is 6.01. The fraction of sp³-hybridized carbons (Fsp3) is 0.357. The molecular weight excluding hydrogens is 226 g/mol. The Morgan fingerprint density at radius 3 is 2.83 bits per heavy atom. The van der Waals surface area contributed by atoms with Gasteiger partial charge in [0.1, 0.15) is 0 Å². The number of aromatic nitrogens is 1. The number of pyridine rings is 1. The molecule has 18 heavy (non-hydrogen) atoms. The van der Waals surface area contributed by atoms with Gasteiger partial charge in [-0.05, 0) is 12.1 Å². The average Bonchev–Trinajstić information content (AvgIpc) is 2.37. The van der Waals surface area contributed by atoms with Crippen LogP contribution in [0, 0.1) is 5.41 Å². The number of nitrogens with two attached hydrogens (primary N) is 1. The highest BCUT2D eigenvalue weighted by Crippen LogP contribution is 2.26. The van der Waals surface area contributed by atoms with E-state index in [4.69, 9.17) is 5.73 Å². The molecule has 0 unspecified atom stereocenters. The van der Waals surface area contributed by atoms with Gasteiger partial charge in [-0.15, -0.1) is 0 Å². The molecule has 0 aliphatic carbocycles. The van der Waals surface area contributed by atoms with Gasteiger partial charge in [0.15, 0.2) is 0 Å². The summed E-state index contributed by atoms with van der Waals surface area (Å²) in [5, 5.41) is 13.6. The predicted octanol–water partition coefficient (Wildman–Crippen LogP) is 2.25. The van der Waals surface area contributed by atoms with Crippen molar-refractivity contribution >= 4 is 22.3 Å². The number of nitrogens with zero attached hydrogens (tertiary/aromatic N) is 1. The van der Waals surface area contributed by atoms with Crippen molar-refractivity contribution in [3.05, 3.63) is 30.5 Å². The van der Waals surface area contributed by atoms with Crippen LogP contribution < -0.4 is 11.1 Å². The van der Waals surface area contributed by atoms with E-state index in [1.807, 2.05) is 38.1 Å². The van der Waals surface area contributed by atoms with Crippen molar-refractivity contribution in [1.29, 1.82) is 0 Å². The minimum atomic E-state index is -0.157. The van der Waals surface area contributed by atoms with Crippen molar-refractivity contribution in [3.8, 4) is 0 Å². The first-order valence-electron chi connectivity index (χ1n) is 6.01. The lowest BCUT2D eigenvalue weighted by molar-refractivity contribution is 0.171. The molecule has 0 bridgehead atoms. The third kappa shape index (κ3) is 2.54. The van der Waals surface area contributed by atoms with Crippen LogP contribution in [0.2, 0.25) is 0 Å². The number of hydrogen-bond donors (Lipinski definition) is 3. The number of aliphatic hydroxyl groups excluding tert-OH is 1. The number of hydrogen-bond acceptors (Lipinski definition) is 4. The molecule has 1 heterocycles. The number of nitrogens with one attached hydrogen (secondary N) is 1. The zero-order chi connectivity index (χ0) is 13.2. The summed E-state index contributed by atoms with van der Waals surface area (Å²) in [5.41, 5.74) is 8.23. The predicted molar refractivity (Wildman–Crippen MR) is 75.5 cm³/mol. The van der Waals surface area contributed by atoms with Gasteiger partial charge >= 0.3 is 0 Å². The van der Waals surface area contributed by atoms with Gasteiger partial charge in [0.2, 0.25) is 0 Å². The lowest BCUT2D eigenvalue weighted by Crippen LogP contribution is -2.26. The lowest BCUT2D eigenvalue weighted by atomic mass is 9.95. The van der Waals surface area contributed by atoms with Gasteiger partial charge in [-0.25, -0.2) is 0 Å². The lowest BCUT2D eigenvalue weighted by Gasteiger charge is -2.23. The van der Waals surface area contributed by atoms with Crippen LogP contribution in [0.5, 0.6) is 0 Å². The van der Waals surface area contributed by atoms with Crippen LogP contribution in [0.25, 0.3) is 10.9 Å². The van der Waals surface area contributed by atoms with Gasteiger partial charge in [0.25, 0.3) is 0 Å². The molecule has 2 rings (SSSR count). The first-order chi connectivity index (χ1) is 8.53. The number of anilines is 2. The summed E-state index contributed by atoms with van der Waals surface area (Å²) in [7, 11) is 0. The maximum Gasteiger partial charge on any atom is 0.0951 e. The molecular formula is C14H19N3O. The highest BCUT2D eigenvalue weighted by Gasteiger charge is 2.16. The van der Waals surface area contributed by atoms with Gasteiger partial charge in [-0.1, -0.05) is 26.0 Å². The summed E-state index contributed by atoms with van der Waals surface area (Å²) in [4.78, 5) is 4.29. The molecule has 0 saturated carbocycles. The van der Waals surface area contributed by atoms with Crippen LogP contribution in [-0.4, -0.2) is 23.2 Å².